The highest BCUT2D eigenvalue weighted by Gasteiger charge is 2.15. The molecule has 1 aromatic rings. The summed E-state index contributed by atoms with van der Waals surface area (Å²) in [6.07, 6.45) is 7.91. The summed E-state index contributed by atoms with van der Waals surface area (Å²) in [6.45, 7) is 8.39. The van der Waals surface area contributed by atoms with Gasteiger partial charge in [-0.3, -0.25) is 0 Å². The number of anilines is 2. The molecule has 1 aliphatic carbocycles. The van der Waals surface area contributed by atoms with Gasteiger partial charge in [-0.05, 0) is 40.5 Å². The predicted molar refractivity (Wildman–Crippen MR) is 85.3 cm³/mol. The van der Waals surface area contributed by atoms with Crippen molar-refractivity contribution in [3.63, 3.8) is 0 Å². The lowest BCUT2D eigenvalue weighted by atomic mass is 10.1. The van der Waals surface area contributed by atoms with E-state index in [9.17, 15) is 0 Å². The standard InChI is InChI=1S/C16H28N4/c1-12-11-14(18-13-9-7-5-6-8-10-13)19-15(17-12)20-16(2,3)4/h11,13H,5-10H2,1-4H3,(H2,17,18,19,20). The third kappa shape index (κ3) is 4.99. The SMILES string of the molecule is Cc1cc(NC2CCCCCC2)nc(NC(C)(C)C)n1. The monoisotopic (exact) mass is 276 g/mol. The number of aromatic nitrogens is 2. The van der Waals surface area contributed by atoms with Crippen LogP contribution in [0.15, 0.2) is 6.07 Å². The van der Waals surface area contributed by atoms with Crippen LogP contribution in [-0.4, -0.2) is 21.5 Å². The molecule has 4 heteroatoms. The first-order chi connectivity index (χ1) is 9.42. The average molecular weight is 276 g/mol. The maximum Gasteiger partial charge on any atom is 0.225 e. The van der Waals surface area contributed by atoms with E-state index in [-0.39, 0.29) is 5.54 Å². The molecular weight excluding hydrogens is 248 g/mol. The molecule has 0 aliphatic heterocycles. The molecule has 0 radical (unpaired) electrons. The van der Waals surface area contributed by atoms with Crippen molar-refractivity contribution in [2.24, 2.45) is 0 Å². The van der Waals surface area contributed by atoms with Gasteiger partial charge in [-0.2, -0.15) is 4.98 Å². The molecule has 1 heterocycles. The van der Waals surface area contributed by atoms with Gasteiger partial charge in [0.2, 0.25) is 5.95 Å². The van der Waals surface area contributed by atoms with Crippen LogP contribution in [0.5, 0.6) is 0 Å². The van der Waals surface area contributed by atoms with Crippen molar-refractivity contribution in [2.75, 3.05) is 10.6 Å². The fraction of sp³-hybridized carbons (Fsp3) is 0.750. The molecule has 0 unspecified atom stereocenters. The first kappa shape index (κ1) is 15.1. The van der Waals surface area contributed by atoms with Crippen molar-refractivity contribution in [2.45, 2.75) is 77.8 Å². The van der Waals surface area contributed by atoms with Crippen LogP contribution in [0.2, 0.25) is 0 Å². The lowest BCUT2D eigenvalue weighted by Crippen LogP contribution is -2.28. The predicted octanol–water partition coefficient (Wildman–Crippen LogP) is 4.13. The van der Waals surface area contributed by atoms with Crippen molar-refractivity contribution < 1.29 is 0 Å². The summed E-state index contributed by atoms with van der Waals surface area (Å²) in [7, 11) is 0. The van der Waals surface area contributed by atoms with E-state index >= 15 is 0 Å². The van der Waals surface area contributed by atoms with Gasteiger partial charge in [0, 0.05) is 23.3 Å². The first-order valence-electron chi connectivity index (χ1n) is 7.83. The number of hydrogen-bond donors (Lipinski definition) is 2. The van der Waals surface area contributed by atoms with E-state index in [1.54, 1.807) is 0 Å². The summed E-state index contributed by atoms with van der Waals surface area (Å²) < 4.78 is 0. The van der Waals surface area contributed by atoms with E-state index in [0.717, 1.165) is 11.5 Å². The van der Waals surface area contributed by atoms with Gasteiger partial charge in [-0.25, -0.2) is 4.98 Å². The van der Waals surface area contributed by atoms with Gasteiger partial charge in [0.15, 0.2) is 0 Å². The Hall–Kier alpha value is -1.32. The molecule has 1 saturated carbocycles. The lowest BCUT2D eigenvalue weighted by Gasteiger charge is -2.22. The Balaban J connectivity index is 2.06. The number of hydrogen-bond acceptors (Lipinski definition) is 4. The highest BCUT2D eigenvalue weighted by Crippen LogP contribution is 2.21. The highest BCUT2D eigenvalue weighted by atomic mass is 15.2. The first-order valence-corrected chi connectivity index (χ1v) is 7.83. The van der Waals surface area contributed by atoms with E-state index in [0.29, 0.717) is 12.0 Å². The van der Waals surface area contributed by atoms with Gasteiger partial charge in [0.05, 0.1) is 0 Å². The molecule has 4 nitrogen and oxygen atoms in total. The maximum atomic E-state index is 4.61. The molecule has 0 bridgehead atoms. The van der Waals surface area contributed by atoms with Gasteiger partial charge in [0.1, 0.15) is 5.82 Å². The van der Waals surface area contributed by atoms with E-state index in [1.165, 1.54) is 38.5 Å². The number of nitrogens with zero attached hydrogens (tertiary/aromatic N) is 2. The summed E-state index contributed by atoms with van der Waals surface area (Å²) in [4.78, 5) is 9.08. The van der Waals surface area contributed by atoms with Crippen LogP contribution >= 0.6 is 0 Å². The molecular formula is C16H28N4. The van der Waals surface area contributed by atoms with Crippen LogP contribution in [-0.2, 0) is 0 Å². The van der Waals surface area contributed by atoms with Crippen molar-refractivity contribution in [3.05, 3.63) is 11.8 Å². The zero-order valence-electron chi connectivity index (χ0n) is 13.3. The van der Waals surface area contributed by atoms with Crippen LogP contribution in [0, 0.1) is 6.92 Å². The van der Waals surface area contributed by atoms with E-state index < -0.39 is 0 Å². The van der Waals surface area contributed by atoms with Gasteiger partial charge >= 0.3 is 0 Å². The second-order valence-corrected chi connectivity index (χ2v) is 6.93. The van der Waals surface area contributed by atoms with Gasteiger partial charge < -0.3 is 10.6 Å². The summed E-state index contributed by atoms with van der Waals surface area (Å²) in [5.74, 6) is 1.67. The van der Waals surface area contributed by atoms with Crippen LogP contribution in [0.4, 0.5) is 11.8 Å². The molecule has 0 aromatic carbocycles. The molecule has 1 aliphatic rings. The minimum absolute atomic E-state index is 0.0205. The molecule has 0 saturated heterocycles. The zero-order chi connectivity index (χ0) is 14.6. The van der Waals surface area contributed by atoms with E-state index in [1.807, 2.05) is 13.0 Å². The maximum absolute atomic E-state index is 4.61. The van der Waals surface area contributed by atoms with Crippen LogP contribution in [0.3, 0.4) is 0 Å². The molecule has 0 spiro atoms. The number of aryl methyl sites for hydroxylation is 1. The lowest BCUT2D eigenvalue weighted by molar-refractivity contribution is 0.614. The van der Waals surface area contributed by atoms with Crippen molar-refractivity contribution in [1.82, 2.24) is 9.97 Å². The van der Waals surface area contributed by atoms with Crippen LogP contribution in [0.1, 0.15) is 65.0 Å². The van der Waals surface area contributed by atoms with E-state index in [2.05, 4.69) is 41.4 Å². The van der Waals surface area contributed by atoms with Crippen LogP contribution in [0.25, 0.3) is 0 Å². The largest absolute Gasteiger partial charge is 0.367 e. The molecule has 1 fully saturated rings. The molecule has 1 aromatic heterocycles. The Bertz CT molecular complexity index is 429. The topological polar surface area (TPSA) is 49.8 Å². The van der Waals surface area contributed by atoms with Crippen molar-refractivity contribution >= 4 is 11.8 Å². The molecule has 20 heavy (non-hydrogen) atoms. The fourth-order valence-corrected chi connectivity index (χ4v) is 2.67. The minimum atomic E-state index is -0.0205. The quantitative estimate of drug-likeness (QED) is 0.815. The molecule has 2 N–H and O–H groups in total. The number of rotatable bonds is 3. The second-order valence-electron chi connectivity index (χ2n) is 6.93. The Morgan fingerprint density at radius 1 is 1.05 bits per heavy atom. The third-order valence-corrected chi connectivity index (χ3v) is 3.55. The van der Waals surface area contributed by atoms with Gasteiger partial charge in [-0.1, -0.05) is 25.7 Å². The summed E-state index contributed by atoms with van der Waals surface area (Å²) >= 11 is 0. The van der Waals surface area contributed by atoms with Crippen molar-refractivity contribution in [1.29, 1.82) is 0 Å². The molecule has 2 rings (SSSR count). The molecule has 112 valence electrons. The minimum Gasteiger partial charge on any atom is -0.367 e. The Labute approximate surface area is 122 Å². The highest BCUT2D eigenvalue weighted by molar-refractivity contribution is 5.43. The third-order valence-electron chi connectivity index (χ3n) is 3.55. The van der Waals surface area contributed by atoms with Crippen molar-refractivity contribution in [3.8, 4) is 0 Å². The van der Waals surface area contributed by atoms with Gasteiger partial charge in [0.25, 0.3) is 0 Å². The smallest absolute Gasteiger partial charge is 0.225 e. The Morgan fingerprint density at radius 3 is 2.30 bits per heavy atom. The zero-order valence-corrected chi connectivity index (χ0v) is 13.3. The fourth-order valence-electron chi connectivity index (χ4n) is 2.67. The van der Waals surface area contributed by atoms with E-state index in [4.69, 9.17) is 0 Å². The Morgan fingerprint density at radius 2 is 1.70 bits per heavy atom. The summed E-state index contributed by atoms with van der Waals surface area (Å²) in [5.41, 5.74) is 0.982. The molecule has 0 atom stereocenters. The van der Waals surface area contributed by atoms with Crippen LogP contribution < -0.4 is 10.6 Å². The van der Waals surface area contributed by atoms with Gasteiger partial charge in [-0.15, -0.1) is 0 Å². The second kappa shape index (κ2) is 6.42. The molecule has 0 amide bonds. The Kier molecular flexibility index (Phi) is 4.84. The summed E-state index contributed by atoms with van der Waals surface area (Å²) in [6, 6.07) is 2.60. The normalized spacial score (nSPS) is 17.6. The average Bonchev–Trinajstić information content (AvgIpc) is 2.54. The summed E-state index contributed by atoms with van der Waals surface area (Å²) in [5, 5.41) is 6.95. The number of nitrogens with one attached hydrogen (secondary N) is 2.